The van der Waals surface area contributed by atoms with Crippen molar-refractivity contribution >= 4 is 16.0 Å². The highest BCUT2D eigenvalue weighted by Gasteiger charge is 2.21. The molecule has 0 unspecified atom stereocenters. The van der Waals surface area contributed by atoms with Gasteiger partial charge in [0.15, 0.2) is 11.6 Å². The minimum absolute atomic E-state index is 0.0140. The minimum Gasteiger partial charge on any atom is -0.481 e. The Morgan fingerprint density at radius 2 is 1.74 bits per heavy atom. The fraction of sp³-hybridized carbons (Fsp3) is 0.300. The molecule has 1 aromatic carbocycles. The van der Waals surface area contributed by atoms with Crippen LogP contribution in [0, 0.1) is 17.5 Å². The molecule has 0 heterocycles. The van der Waals surface area contributed by atoms with Crippen molar-refractivity contribution in [3.05, 3.63) is 29.6 Å². The van der Waals surface area contributed by atoms with E-state index in [1.165, 1.54) is 0 Å². The van der Waals surface area contributed by atoms with Crippen molar-refractivity contribution < 1.29 is 31.5 Å². The number of aliphatic carboxylic acids is 1. The van der Waals surface area contributed by atoms with Crippen LogP contribution in [0.15, 0.2) is 17.0 Å². The van der Waals surface area contributed by atoms with Crippen LogP contribution in [-0.4, -0.2) is 26.0 Å². The molecule has 0 amide bonds. The molecule has 0 atom stereocenters. The van der Waals surface area contributed by atoms with Gasteiger partial charge in [0.2, 0.25) is 10.0 Å². The summed E-state index contributed by atoms with van der Waals surface area (Å²) in [6, 6.07) is 0.353. The number of rotatable bonds is 6. The molecule has 19 heavy (non-hydrogen) atoms. The lowest BCUT2D eigenvalue weighted by atomic mass is 10.3. The van der Waals surface area contributed by atoms with Crippen LogP contribution in [0.1, 0.15) is 12.8 Å². The minimum atomic E-state index is -4.35. The smallest absolute Gasteiger partial charge is 0.303 e. The van der Waals surface area contributed by atoms with Crippen molar-refractivity contribution in [1.82, 2.24) is 4.72 Å². The van der Waals surface area contributed by atoms with Gasteiger partial charge >= 0.3 is 5.97 Å². The molecule has 0 radical (unpaired) electrons. The molecule has 106 valence electrons. The summed E-state index contributed by atoms with van der Waals surface area (Å²) in [5.74, 6) is -5.53. The largest absolute Gasteiger partial charge is 0.481 e. The zero-order valence-electron chi connectivity index (χ0n) is 9.49. The van der Waals surface area contributed by atoms with E-state index in [9.17, 15) is 26.4 Å². The van der Waals surface area contributed by atoms with Crippen LogP contribution in [0.5, 0.6) is 0 Å². The van der Waals surface area contributed by atoms with Gasteiger partial charge in [-0.15, -0.1) is 0 Å². The highest BCUT2D eigenvalue weighted by Crippen LogP contribution is 2.18. The van der Waals surface area contributed by atoms with Crippen molar-refractivity contribution in [2.75, 3.05) is 6.54 Å². The SMILES string of the molecule is O=C(O)CCCNS(=O)(=O)c1cc(F)c(F)cc1F. The number of carboxylic acid groups (broad SMARTS) is 1. The zero-order valence-corrected chi connectivity index (χ0v) is 10.3. The van der Waals surface area contributed by atoms with E-state index in [0.29, 0.717) is 0 Å². The van der Waals surface area contributed by atoms with Crippen LogP contribution >= 0.6 is 0 Å². The molecule has 5 nitrogen and oxygen atoms in total. The topological polar surface area (TPSA) is 83.5 Å². The Morgan fingerprint density at radius 1 is 1.16 bits per heavy atom. The van der Waals surface area contributed by atoms with E-state index >= 15 is 0 Å². The summed E-state index contributed by atoms with van der Waals surface area (Å²) in [7, 11) is -4.35. The van der Waals surface area contributed by atoms with E-state index < -0.39 is 38.3 Å². The molecule has 0 aromatic heterocycles. The van der Waals surface area contributed by atoms with Crippen LogP contribution in [0.2, 0.25) is 0 Å². The number of benzene rings is 1. The Labute approximate surface area is 107 Å². The lowest BCUT2D eigenvalue weighted by molar-refractivity contribution is -0.137. The molecule has 0 saturated carbocycles. The van der Waals surface area contributed by atoms with Crippen molar-refractivity contribution in [2.45, 2.75) is 17.7 Å². The van der Waals surface area contributed by atoms with Crippen molar-refractivity contribution in [3.63, 3.8) is 0 Å². The number of hydrogen-bond donors (Lipinski definition) is 2. The average Bonchev–Trinajstić information content (AvgIpc) is 2.29. The Kier molecular flexibility index (Phi) is 4.90. The van der Waals surface area contributed by atoms with Gasteiger partial charge in [0.1, 0.15) is 10.7 Å². The highest BCUT2D eigenvalue weighted by molar-refractivity contribution is 7.89. The summed E-state index contributed by atoms with van der Waals surface area (Å²) < 4.78 is 63.8. The highest BCUT2D eigenvalue weighted by atomic mass is 32.2. The van der Waals surface area contributed by atoms with Gasteiger partial charge in [-0.1, -0.05) is 0 Å². The van der Waals surface area contributed by atoms with Crippen LogP contribution < -0.4 is 4.72 Å². The Hall–Kier alpha value is -1.61. The van der Waals surface area contributed by atoms with Gasteiger partial charge < -0.3 is 5.11 Å². The maximum absolute atomic E-state index is 13.2. The fourth-order valence-corrected chi connectivity index (χ4v) is 2.38. The molecule has 0 saturated heterocycles. The van der Waals surface area contributed by atoms with Gasteiger partial charge in [0, 0.05) is 19.0 Å². The lowest BCUT2D eigenvalue weighted by Crippen LogP contribution is -2.26. The van der Waals surface area contributed by atoms with Gasteiger partial charge in [-0.2, -0.15) is 0 Å². The van der Waals surface area contributed by atoms with Gasteiger partial charge in [-0.3, -0.25) is 4.79 Å². The van der Waals surface area contributed by atoms with E-state index in [-0.39, 0.29) is 31.5 Å². The third kappa shape index (κ3) is 4.21. The molecule has 0 aliphatic rings. The second-order valence-corrected chi connectivity index (χ2v) is 5.33. The predicted octanol–water partition coefficient (Wildman–Crippen LogP) is 1.25. The van der Waals surface area contributed by atoms with E-state index in [1.54, 1.807) is 0 Å². The number of carboxylic acids is 1. The van der Waals surface area contributed by atoms with Gasteiger partial charge in [0.05, 0.1) is 0 Å². The Bertz CT molecular complexity index is 589. The third-order valence-electron chi connectivity index (χ3n) is 2.12. The molecule has 2 N–H and O–H groups in total. The standard InChI is InChI=1S/C10H10F3NO4S/c11-6-4-8(13)9(5-7(6)12)19(17,18)14-3-1-2-10(15)16/h4-5,14H,1-3H2,(H,15,16). The molecule has 0 aliphatic heterocycles. The van der Waals surface area contributed by atoms with Gasteiger partial charge in [-0.25, -0.2) is 26.3 Å². The van der Waals surface area contributed by atoms with Crippen molar-refractivity contribution in [2.24, 2.45) is 0 Å². The second-order valence-electron chi connectivity index (χ2n) is 3.59. The van der Waals surface area contributed by atoms with Crippen LogP contribution in [0.25, 0.3) is 0 Å². The van der Waals surface area contributed by atoms with Gasteiger partial charge in [0.25, 0.3) is 0 Å². The first-order chi connectivity index (χ1) is 8.74. The summed E-state index contributed by atoms with van der Waals surface area (Å²) >= 11 is 0. The molecule has 0 fully saturated rings. The molecule has 0 aliphatic carbocycles. The average molecular weight is 297 g/mol. The number of sulfonamides is 1. The second kappa shape index (κ2) is 6.02. The number of halogens is 3. The maximum Gasteiger partial charge on any atom is 0.303 e. The first kappa shape index (κ1) is 15.4. The van der Waals surface area contributed by atoms with Crippen LogP contribution in [-0.2, 0) is 14.8 Å². The van der Waals surface area contributed by atoms with Gasteiger partial charge in [-0.05, 0) is 12.5 Å². The monoisotopic (exact) mass is 297 g/mol. The predicted molar refractivity (Wildman–Crippen MR) is 58.4 cm³/mol. The maximum atomic E-state index is 13.2. The lowest BCUT2D eigenvalue weighted by Gasteiger charge is -2.07. The molecule has 0 spiro atoms. The quantitative estimate of drug-likeness (QED) is 0.611. The summed E-state index contributed by atoms with van der Waals surface area (Å²) in [5.41, 5.74) is 0. The van der Waals surface area contributed by atoms with Crippen LogP contribution in [0.3, 0.4) is 0 Å². The first-order valence-electron chi connectivity index (χ1n) is 5.10. The summed E-state index contributed by atoms with van der Waals surface area (Å²) in [4.78, 5) is 9.18. The first-order valence-corrected chi connectivity index (χ1v) is 6.58. The summed E-state index contributed by atoms with van der Waals surface area (Å²) in [6.07, 6.45) is -0.289. The summed E-state index contributed by atoms with van der Waals surface area (Å²) in [5, 5.41) is 8.34. The van der Waals surface area contributed by atoms with E-state index in [0.717, 1.165) is 0 Å². The fourth-order valence-electron chi connectivity index (χ4n) is 1.23. The van der Waals surface area contributed by atoms with E-state index in [1.807, 2.05) is 4.72 Å². The number of hydrogen-bond acceptors (Lipinski definition) is 3. The normalized spacial score (nSPS) is 11.5. The summed E-state index contributed by atoms with van der Waals surface area (Å²) in [6.45, 7) is -0.257. The molecule has 1 aromatic rings. The molecule has 0 bridgehead atoms. The zero-order chi connectivity index (χ0) is 14.6. The molecular weight excluding hydrogens is 287 g/mol. The van der Waals surface area contributed by atoms with E-state index in [2.05, 4.69) is 0 Å². The molecular formula is C10H10F3NO4S. The number of carbonyl (C=O) groups is 1. The van der Waals surface area contributed by atoms with Crippen molar-refractivity contribution in [3.8, 4) is 0 Å². The van der Waals surface area contributed by atoms with E-state index in [4.69, 9.17) is 5.11 Å². The third-order valence-corrected chi connectivity index (χ3v) is 3.60. The van der Waals surface area contributed by atoms with Crippen molar-refractivity contribution in [1.29, 1.82) is 0 Å². The Morgan fingerprint density at radius 3 is 2.32 bits per heavy atom. The molecule has 9 heteroatoms. The van der Waals surface area contributed by atoms with Crippen LogP contribution in [0.4, 0.5) is 13.2 Å². The molecule has 1 rings (SSSR count). The number of nitrogens with one attached hydrogen (secondary N) is 1. The Balaban J connectivity index is 2.83.